The molecule has 1 heterocycles. The zero-order valence-corrected chi connectivity index (χ0v) is 15.6. The van der Waals surface area contributed by atoms with Gasteiger partial charge in [-0.15, -0.1) is 0 Å². The maximum atomic E-state index is 12.8. The second-order valence-corrected chi connectivity index (χ2v) is 7.50. The van der Waals surface area contributed by atoms with Crippen LogP contribution in [0.4, 0.5) is 0 Å². The number of hydrogen-bond donors (Lipinski definition) is 1. The standard InChI is InChI=1S/C20H32N2O2/c1-5-12-21(4)15-20(24)11-6-13-22(19(20)23)14-17-7-9-18(10-8-17)16(2)3/h7-10,16,24H,5-6,11-15H2,1-4H3. The van der Waals surface area contributed by atoms with Crippen molar-refractivity contribution in [3.63, 3.8) is 0 Å². The van der Waals surface area contributed by atoms with Gasteiger partial charge in [0.15, 0.2) is 5.60 Å². The molecular weight excluding hydrogens is 300 g/mol. The van der Waals surface area contributed by atoms with Crippen LogP contribution in [0, 0.1) is 0 Å². The largest absolute Gasteiger partial charge is 0.379 e. The van der Waals surface area contributed by atoms with Gasteiger partial charge in [0.25, 0.3) is 5.91 Å². The first-order valence-corrected chi connectivity index (χ1v) is 9.15. The van der Waals surface area contributed by atoms with Gasteiger partial charge in [-0.05, 0) is 49.9 Å². The molecular formula is C20H32N2O2. The predicted molar refractivity (Wildman–Crippen MR) is 97.9 cm³/mol. The molecule has 1 aliphatic rings. The van der Waals surface area contributed by atoms with E-state index in [9.17, 15) is 9.90 Å². The van der Waals surface area contributed by atoms with Crippen molar-refractivity contribution >= 4 is 5.91 Å². The maximum Gasteiger partial charge on any atom is 0.256 e. The van der Waals surface area contributed by atoms with Gasteiger partial charge in [-0.25, -0.2) is 0 Å². The fourth-order valence-electron chi connectivity index (χ4n) is 3.50. The molecule has 4 nitrogen and oxygen atoms in total. The molecule has 1 aliphatic heterocycles. The third-order valence-corrected chi connectivity index (χ3v) is 4.86. The van der Waals surface area contributed by atoms with Crippen molar-refractivity contribution in [1.29, 1.82) is 0 Å². The molecule has 0 radical (unpaired) electrons. The van der Waals surface area contributed by atoms with Gasteiger partial charge < -0.3 is 14.9 Å². The molecule has 1 fully saturated rings. The van der Waals surface area contributed by atoms with E-state index in [2.05, 4.69) is 49.9 Å². The molecule has 1 saturated heterocycles. The Balaban J connectivity index is 2.03. The smallest absolute Gasteiger partial charge is 0.256 e. The normalized spacial score (nSPS) is 21.8. The van der Waals surface area contributed by atoms with E-state index in [1.807, 2.05) is 11.9 Å². The minimum Gasteiger partial charge on any atom is -0.379 e. The van der Waals surface area contributed by atoms with Crippen molar-refractivity contribution in [2.75, 3.05) is 26.7 Å². The van der Waals surface area contributed by atoms with Crippen molar-refractivity contribution in [2.24, 2.45) is 0 Å². The fourth-order valence-corrected chi connectivity index (χ4v) is 3.50. The SMILES string of the molecule is CCCN(C)CC1(O)CCCN(Cc2ccc(C(C)C)cc2)C1=O. The number of carbonyl (C=O) groups excluding carboxylic acids is 1. The molecule has 1 unspecified atom stereocenters. The number of nitrogens with zero attached hydrogens (tertiary/aromatic N) is 2. The van der Waals surface area contributed by atoms with Crippen molar-refractivity contribution in [3.8, 4) is 0 Å². The van der Waals surface area contributed by atoms with E-state index in [0.29, 0.717) is 25.4 Å². The average Bonchev–Trinajstić information content (AvgIpc) is 2.52. The summed E-state index contributed by atoms with van der Waals surface area (Å²) in [5, 5.41) is 10.9. The Labute approximate surface area is 146 Å². The van der Waals surface area contributed by atoms with Crippen molar-refractivity contribution in [3.05, 3.63) is 35.4 Å². The third kappa shape index (κ3) is 4.58. The van der Waals surface area contributed by atoms with E-state index in [-0.39, 0.29) is 5.91 Å². The molecule has 0 aliphatic carbocycles. The number of piperidine rings is 1. The summed E-state index contributed by atoms with van der Waals surface area (Å²) in [7, 11) is 1.97. The highest BCUT2D eigenvalue weighted by Crippen LogP contribution is 2.25. The van der Waals surface area contributed by atoms with Crippen LogP contribution in [0.3, 0.4) is 0 Å². The van der Waals surface area contributed by atoms with E-state index in [1.165, 1.54) is 5.56 Å². The van der Waals surface area contributed by atoms with Crippen LogP contribution < -0.4 is 0 Å². The molecule has 0 spiro atoms. The molecule has 1 amide bonds. The van der Waals surface area contributed by atoms with Gasteiger partial charge >= 0.3 is 0 Å². The molecule has 1 aromatic rings. The van der Waals surface area contributed by atoms with E-state index < -0.39 is 5.60 Å². The second kappa shape index (κ2) is 8.13. The molecule has 2 rings (SSSR count). The number of amides is 1. The van der Waals surface area contributed by atoms with Crippen LogP contribution in [0.25, 0.3) is 0 Å². The monoisotopic (exact) mass is 332 g/mol. The second-order valence-electron chi connectivity index (χ2n) is 7.50. The van der Waals surface area contributed by atoms with E-state index >= 15 is 0 Å². The molecule has 1 atom stereocenters. The summed E-state index contributed by atoms with van der Waals surface area (Å²) < 4.78 is 0. The molecule has 134 valence electrons. The lowest BCUT2D eigenvalue weighted by Crippen LogP contribution is -2.57. The third-order valence-electron chi connectivity index (χ3n) is 4.86. The minimum absolute atomic E-state index is 0.121. The highest BCUT2D eigenvalue weighted by atomic mass is 16.3. The Morgan fingerprint density at radius 1 is 1.29 bits per heavy atom. The lowest BCUT2D eigenvalue weighted by molar-refractivity contribution is -0.159. The molecule has 4 heteroatoms. The number of likely N-dealkylation sites (N-methyl/N-ethyl adjacent to an activating group) is 1. The van der Waals surface area contributed by atoms with Crippen molar-refractivity contribution < 1.29 is 9.90 Å². The van der Waals surface area contributed by atoms with Gasteiger partial charge in [0.05, 0.1) is 0 Å². The summed E-state index contributed by atoms with van der Waals surface area (Å²) >= 11 is 0. The van der Waals surface area contributed by atoms with Crippen molar-refractivity contribution in [2.45, 2.75) is 58.1 Å². The summed E-state index contributed by atoms with van der Waals surface area (Å²) in [5.74, 6) is 0.388. The Hall–Kier alpha value is -1.39. The summed E-state index contributed by atoms with van der Waals surface area (Å²) in [4.78, 5) is 16.7. The van der Waals surface area contributed by atoms with E-state index in [0.717, 1.165) is 31.5 Å². The molecule has 0 aromatic heterocycles. The van der Waals surface area contributed by atoms with Crippen LogP contribution in [0.1, 0.15) is 57.1 Å². The molecule has 1 aromatic carbocycles. The maximum absolute atomic E-state index is 12.8. The number of aliphatic hydroxyl groups is 1. The number of hydrogen-bond acceptors (Lipinski definition) is 3. The van der Waals surface area contributed by atoms with Gasteiger partial charge in [-0.1, -0.05) is 45.0 Å². The highest BCUT2D eigenvalue weighted by Gasteiger charge is 2.42. The highest BCUT2D eigenvalue weighted by molar-refractivity contribution is 5.86. The zero-order valence-electron chi connectivity index (χ0n) is 15.6. The summed E-state index contributed by atoms with van der Waals surface area (Å²) in [6, 6.07) is 8.46. The van der Waals surface area contributed by atoms with Crippen LogP contribution in [-0.4, -0.2) is 53.1 Å². The van der Waals surface area contributed by atoms with Crippen LogP contribution >= 0.6 is 0 Å². The quantitative estimate of drug-likeness (QED) is 0.835. The first-order chi connectivity index (χ1) is 11.4. The summed E-state index contributed by atoms with van der Waals surface area (Å²) in [6.45, 7) is 9.08. The molecule has 0 bridgehead atoms. The number of likely N-dealkylation sites (tertiary alicyclic amines) is 1. The lowest BCUT2D eigenvalue weighted by atomic mass is 9.90. The Kier molecular flexibility index (Phi) is 6.41. The predicted octanol–water partition coefficient (Wildman–Crippen LogP) is 3.01. The first-order valence-electron chi connectivity index (χ1n) is 9.15. The molecule has 0 saturated carbocycles. The van der Waals surface area contributed by atoms with Crippen molar-refractivity contribution in [1.82, 2.24) is 9.80 Å². The number of benzene rings is 1. The fraction of sp³-hybridized carbons (Fsp3) is 0.650. The van der Waals surface area contributed by atoms with E-state index in [4.69, 9.17) is 0 Å². The Morgan fingerprint density at radius 2 is 1.96 bits per heavy atom. The molecule has 1 N–H and O–H groups in total. The van der Waals surface area contributed by atoms with Crippen LogP contribution in [0.2, 0.25) is 0 Å². The lowest BCUT2D eigenvalue weighted by Gasteiger charge is -2.40. The van der Waals surface area contributed by atoms with E-state index in [1.54, 1.807) is 0 Å². The minimum atomic E-state index is -1.24. The van der Waals surface area contributed by atoms with Crippen LogP contribution in [0.15, 0.2) is 24.3 Å². The molecule has 24 heavy (non-hydrogen) atoms. The summed E-state index contributed by atoms with van der Waals surface area (Å²) in [6.07, 6.45) is 2.43. The Morgan fingerprint density at radius 3 is 2.54 bits per heavy atom. The van der Waals surface area contributed by atoms with Gasteiger partial charge in [0.2, 0.25) is 0 Å². The van der Waals surface area contributed by atoms with Gasteiger partial charge in [0, 0.05) is 19.6 Å². The van der Waals surface area contributed by atoms with Gasteiger partial charge in [-0.2, -0.15) is 0 Å². The van der Waals surface area contributed by atoms with Gasteiger partial charge in [-0.3, -0.25) is 4.79 Å². The number of rotatable bonds is 7. The average molecular weight is 332 g/mol. The zero-order chi connectivity index (χ0) is 17.7. The number of carbonyl (C=O) groups is 1. The first kappa shape index (κ1) is 18.9. The Bertz CT molecular complexity index is 541. The topological polar surface area (TPSA) is 43.8 Å². The van der Waals surface area contributed by atoms with Gasteiger partial charge in [0.1, 0.15) is 0 Å². The van der Waals surface area contributed by atoms with Crippen LogP contribution in [0.5, 0.6) is 0 Å². The van der Waals surface area contributed by atoms with Crippen LogP contribution in [-0.2, 0) is 11.3 Å². The summed E-state index contributed by atoms with van der Waals surface area (Å²) in [5.41, 5.74) is 1.19.